The summed E-state index contributed by atoms with van der Waals surface area (Å²) in [5.74, 6) is 2.01. The molecule has 5 aromatic rings. The van der Waals surface area contributed by atoms with Crippen molar-refractivity contribution in [2.75, 3.05) is 12.4 Å². The number of thiazole rings is 1. The van der Waals surface area contributed by atoms with Gasteiger partial charge in [-0.2, -0.15) is 0 Å². The molecule has 0 saturated carbocycles. The second kappa shape index (κ2) is 10.4. The van der Waals surface area contributed by atoms with Crippen molar-refractivity contribution in [1.82, 2.24) is 19.7 Å². The lowest BCUT2D eigenvalue weighted by Crippen LogP contribution is -2.05. The first-order valence-electron chi connectivity index (χ1n) is 10.3. The maximum Gasteiger partial charge on any atom is 0.195 e. The summed E-state index contributed by atoms with van der Waals surface area (Å²) < 4.78 is 23.6. The van der Waals surface area contributed by atoms with Crippen LogP contribution in [0.25, 0.3) is 15.9 Å². The molecular weight excluding hydrogens is 475 g/mol. The summed E-state index contributed by atoms with van der Waals surface area (Å²) in [4.78, 5) is 4.71. The summed E-state index contributed by atoms with van der Waals surface area (Å²) >= 11 is 4.87. The molecule has 5 nitrogen and oxygen atoms in total. The number of hydrogen-bond donors (Lipinski definition) is 0. The topological polar surface area (TPSA) is 52.8 Å². The normalized spacial score (nSPS) is 11.2. The molecule has 5 rings (SSSR count). The van der Waals surface area contributed by atoms with E-state index >= 15 is 0 Å². The van der Waals surface area contributed by atoms with E-state index in [-0.39, 0.29) is 11.6 Å². The minimum absolute atomic E-state index is 0.260. The number of rotatable bonds is 9. The maximum absolute atomic E-state index is 13.8. The second-order valence-electron chi connectivity index (χ2n) is 6.93. The molecule has 0 bridgehead atoms. The Labute approximate surface area is 203 Å². The molecule has 0 radical (unpaired) electrons. The van der Waals surface area contributed by atoms with Gasteiger partial charge >= 0.3 is 0 Å². The quantitative estimate of drug-likeness (QED) is 0.173. The molecule has 0 spiro atoms. The summed E-state index contributed by atoms with van der Waals surface area (Å²) in [5.41, 5.74) is 2.01. The highest BCUT2D eigenvalue weighted by Gasteiger charge is 2.16. The predicted molar refractivity (Wildman–Crippen MR) is 133 cm³/mol. The van der Waals surface area contributed by atoms with E-state index in [1.165, 1.54) is 22.5 Å². The number of fused-ring (bicyclic) bond motifs is 1. The van der Waals surface area contributed by atoms with Crippen LogP contribution in [-0.2, 0) is 5.75 Å². The van der Waals surface area contributed by atoms with E-state index in [4.69, 9.17) is 9.72 Å². The van der Waals surface area contributed by atoms with Crippen molar-refractivity contribution in [3.63, 3.8) is 0 Å². The number of hydrogen-bond acceptors (Lipinski definition) is 7. The van der Waals surface area contributed by atoms with Crippen LogP contribution in [0.15, 0.2) is 88.4 Å². The zero-order valence-electron chi connectivity index (χ0n) is 17.4. The molecule has 0 fully saturated rings. The van der Waals surface area contributed by atoms with E-state index in [9.17, 15) is 4.39 Å². The molecular formula is C24H19FN4OS3. The molecule has 2 heterocycles. The molecule has 0 aliphatic rings. The van der Waals surface area contributed by atoms with Crippen LogP contribution in [0.5, 0.6) is 5.75 Å². The summed E-state index contributed by atoms with van der Waals surface area (Å²) in [6.45, 7) is 0.364. The van der Waals surface area contributed by atoms with Crippen molar-refractivity contribution in [1.29, 1.82) is 0 Å². The SMILES string of the molecule is Fc1ccccc1OCCSc1nnc(CSc2nc3ccccc3s2)n1-c1ccccc1. The fourth-order valence-electron chi connectivity index (χ4n) is 3.21. The van der Waals surface area contributed by atoms with Gasteiger partial charge in [0, 0.05) is 11.4 Å². The molecule has 0 atom stereocenters. The third kappa shape index (κ3) is 5.21. The average molecular weight is 495 g/mol. The van der Waals surface area contributed by atoms with Crippen molar-refractivity contribution in [2.45, 2.75) is 15.2 Å². The summed E-state index contributed by atoms with van der Waals surface area (Å²) in [6, 6.07) is 24.6. The third-order valence-corrected chi connectivity index (χ3v) is 7.79. The summed E-state index contributed by atoms with van der Waals surface area (Å²) in [5, 5.41) is 9.66. The molecule has 0 unspecified atom stereocenters. The van der Waals surface area contributed by atoms with Crippen LogP contribution in [0.1, 0.15) is 5.82 Å². The van der Waals surface area contributed by atoms with Crippen LogP contribution in [-0.4, -0.2) is 32.1 Å². The minimum Gasteiger partial charge on any atom is -0.490 e. The lowest BCUT2D eigenvalue weighted by atomic mass is 10.3. The average Bonchev–Trinajstić information content (AvgIpc) is 3.45. The number of nitrogens with zero attached hydrogens (tertiary/aromatic N) is 4. The molecule has 3 aromatic carbocycles. The fraction of sp³-hybridized carbons (Fsp3) is 0.125. The maximum atomic E-state index is 13.8. The van der Waals surface area contributed by atoms with Crippen molar-refractivity contribution in [2.24, 2.45) is 0 Å². The van der Waals surface area contributed by atoms with Gasteiger partial charge in [0.15, 0.2) is 21.1 Å². The second-order valence-corrected chi connectivity index (χ2v) is 10.2. The van der Waals surface area contributed by atoms with Gasteiger partial charge in [0.2, 0.25) is 0 Å². The Balaban J connectivity index is 1.30. The van der Waals surface area contributed by atoms with E-state index in [1.807, 2.05) is 48.5 Å². The zero-order chi connectivity index (χ0) is 22.5. The Morgan fingerprint density at radius 3 is 2.52 bits per heavy atom. The smallest absolute Gasteiger partial charge is 0.195 e. The van der Waals surface area contributed by atoms with Crippen LogP contribution in [0.2, 0.25) is 0 Å². The highest BCUT2D eigenvalue weighted by molar-refractivity contribution is 8.00. The monoisotopic (exact) mass is 494 g/mol. The van der Waals surface area contributed by atoms with Crippen LogP contribution in [0.4, 0.5) is 4.39 Å². The van der Waals surface area contributed by atoms with E-state index in [2.05, 4.69) is 20.8 Å². The van der Waals surface area contributed by atoms with Gasteiger partial charge in [0.05, 0.1) is 22.6 Å². The Morgan fingerprint density at radius 2 is 1.67 bits per heavy atom. The molecule has 9 heteroatoms. The number of ether oxygens (including phenoxy) is 1. The van der Waals surface area contributed by atoms with Crippen LogP contribution >= 0.6 is 34.9 Å². The van der Waals surface area contributed by atoms with E-state index in [0.717, 1.165) is 26.5 Å². The number of para-hydroxylation sites is 3. The highest BCUT2D eigenvalue weighted by atomic mass is 32.2. The first kappa shape index (κ1) is 21.9. The Morgan fingerprint density at radius 1 is 0.879 bits per heavy atom. The van der Waals surface area contributed by atoms with Gasteiger partial charge in [-0.3, -0.25) is 4.57 Å². The Bertz CT molecular complexity index is 1320. The predicted octanol–water partition coefficient (Wildman–Crippen LogP) is 6.48. The summed E-state index contributed by atoms with van der Waals surface area (Å²) in [6.07, 6.45) is 0. The Kier molecular flexibility index (Phi) is 6.89. The van der Waals surface area contributed by atoms with Crippen molar-refractivity contribution in [3.05, 3.63) is 90.5 Å². The zero-order valence-corrected chi connectivity index (χ0v) is 19.9. The third-order valence-electron chi connectivity index (χ3n) is 4.72. The number of aromatic nitrogens is 4. The number of halogens is 1. The molecule has 166 valence electrons. The number of thioether (sulfide) groups is 2. The van der Waals surface area contributed by atoms with Gasteiger partial charge < -0.3 is 4.74 Å². The molecule has 0 aliphatic carbocycles. The van der Waals surface area contributed by atoms with Gasteiger partial charge in [0.1, 0.15) is 5.82 Å². The first-order chi connectivity index (χ1) is 16.3. The van der Waals surface area contributed by atoms with Crippen LogP contribution in [0.3, 0.4) is 0 Å². The van der Waals surface area contributed by atoms with Gasteiger partial charge in [-0.1, -0.05) is 66.0 Å². The molecule has 0 saturated heterocycles. The van der Waals surface area contributed by atoms with Crippen molar-refractivity contribution in [3.8, 4) is 11.4 Å². The highest BCUT2D eigenvalue weighted by Crippen LogP contribution is 2.32. The van der Waals surface area contributed by atoms with Gasteiger partial charge in [-0.15, -0.1) is 21.5 Å². The molecule has 0 aliphatic heterocycles. The van der Waals surface area contributed by atoms with Crippen LogP contribution < -0.4 is 4.74 Å². The molecule has 0 amide bonds. The molecule has 33 heavy (non-hydrogen) atoms. The lowest BCUT2D eigenvalue weighted by Gasteiger charge is -2.10. The molecule has 2 aromatic heterocycles. The number of benzene rings is 3. The van der Waals surface area contributed by atoms with Crippen molar-refractivity contribution < 1.29 is 9.13 Å². The Hall–Kier alpha value is -2.88. The summed E-state index contributed by atoms with van der Waals surface area (Å²) in [7, 11) is 0. The van der Waals surface area contributed by atoms with Crippen molar-refractivity contribution >= 4 is 45.1 Å². The van der Waals surface area contributed by atoms with Crippen LogP contribution in [0, 0.1) is 5.82 Å². The largest absolute Gasteiger partial charge is 0.490 e. The standard InChI is InChI=1S/C24H19FN4OS3/c25-18-10-4-6-12-20(18)30-14-15-31-23-28-27-22(29(23)17-8-2-1-3-9-17)16-32-24-26-19-11-5-7-13-21(19)33-24/h1-13H,14-16H2. The van der Waals surface area contributed by atoms with E-state index in [0.29, 0.717) is 18.1 Å². The van der Waals surface area contributed by atoms with E-state index < -0.39 is 0 Å². The fourth-order valence-corrected chi connectivity index (χ4v) is 5.98. The van der Waals surface area contributed by atoms with Gasteiger partial charge in [-0.25, -0.2) is 9.37 Å². The lowest BCUT2D eigenvalue weighted by molar-refractivity contribution is 0.325. The molecule has 0 N–H and O–H groups in total. The first-order valence-corrected chi connectivity index (χ1v) is 13.0. The van der Waals surface area contributed by atoms with Gasteiger partial charge in [-0.05, 0) is 36.4 Å². The van der Waals surface area contributed by atoms with E-state index in [1.54, 1.807) is 41.3 Å². The van der Waals surface area contributed by atoms with Gasteiger partial charge in [0.25, 0.3) is 0 Å². The minimum atomic E-state index is -0.357.